The van der Waals surface area contributed by atoms with Crippen molar-refractivity contribution < 1.29 is 31.2 Å². The maximum absolute atomic E-state index is 13.2. The Morgan fingerprint density at radius 2 is 1.76 bits per heavy atom. The molecule has 1 atom stereocenters. The summed E-state index contributed by atoms with van der Waals surface area (Å²) in [7, 11) is -3.94. The van der Waals surface area contributed by atoms with Gasteiger partial charge >= 0.3 is 6.18 Å². The number of rotatable bonds is 11. The van der Waals surface area contributed by atoms with Gasteiger partial charge in [0.05, 0.1) is 27.6 Å². The molecule has 0 fully saturated rings. The standard InChI is InChI=1S/C24H28Cl2F3N3O4S/c1-4-30-23(34)16(2)31(15-17-10-11-20(25)21(26)13-17)22(33)9-6-12-32(37(3,35)36)19-8-5-7-18(14-19)24(27,28)29/h5,7-8,10-11,13-14,16H,4,6,9,12,15H2,1-3H3,(H,30,34). The average Bonchev–Trinajstić information content (AvgIpc) is 2.80. The molecule has 0 bridgehead atoms. The molecule has 0 aliphatic rings. The highest BCUT2D eigenvalue weighted by molar-refractivity contribution is 7.92. The van der Waals surface area contributed by atoms with Crippen LogP contribution in [-0.2, 0) is 32.3 Å². The summed E-state index contributed by atoms with van der Waals surface area (Å²) in [6.45, 7) is 3.47. The van der Waals surface area contributed by atoms with Crippen LogP contribution in [0.15, 0.2) is 42.5 Å². The third-order valence-electron chi connectivity index (χ3n) is 5.47. The molecule has 0 aliphatic heterocycles. The summed E-state index contributed by atoms with van der Waals surface area (Å²) >= 11 is 12.0. The van der Waals surface area contributed by atoms with Gasteiger partial charge < -0.3 is 10.2 Å². The van der Waals surface area contributed by atoms with Gasteiger partial charge in [-0.2, -0.15) is 13.2 Å². The van der Waals surface area contributed by atoms with E-state index in [4.69, 9.17) is 23.2 Å². The Morgan fingerprint density at radius 3 is 2.32 bits per heavy atom. The molecule has 13 heteroatoms. The minimum absolute atomic E-state index is 0.00212. The van der Waals surface area contributed by atoms with Crippen molar-refractivity contribution in [3.63, 3.8) is 0 Å². The number of hydrogen-bond donors (Lipinski definition) is 1. The smallest absolute Gasteiger partial charge is 0.355 e. The van der Waals surface area contributed by atoms with Crippen molar-refractivity contribution in [2.75, 3.05) is 23.7 Å². The lowest BCUT2D eigenvalue weighted by Crippen LogP contribution is -2.47. The number of likely N-dealkylation sites (N-methyl/N-ethyl adjacent to an activating group) is 1. The predicted octanol–water partition coefficient (Wildman–Crippen LogP) is 5.11. The number of carbonyl (C=O) groups excluding carboxylic acids is 2. The fourth-order valence-corrected chi connectivity index (χ4v) is 4.86. The van der Waals surface area contributed by atoms with Gasteiger partial charge in [-0.1, -0.05) is 35.3 Å². The number of benzene rings is 2. The molecule has 0 saturated heterocycles. The Hall–Kier alpha value is -2.50. The van der Waals surface area contributed by atoms with Crippen molar-refractivity contribution in [3.8, 4) is 0 Å². The molecule has 1 unspecified atom stereocenters. The monoisotopic (exact) mass is 581 g/mol. The molecule has 2 aromatic rings. The molecule has 2 rings (SSSR count). The molecule has 0 spiro atoms. The molecule has 1 N–H and O–H groups in total. The van der Waals surface area contributed by atoms with Gasteiger partial charge in [0.1, 0.15) is 6.04 Å². The summed E-state index contributed by atoms with van der Waals surface area (Å²) < 4.78 is 64.9. The van der Waals surface area contributed by atoms with Crippen LogP contribution in [0.4, 0.5) is 18.9 Å². The van der Waals surface area contributed by atoms with Crippen LogP contribution in [0.1, 0.15) is 37.8 Å². The van der Waals surface area contributed by atoms with Crippen molar-refractivity contribution in [3.05, 3.63) is 63.6 Å². The van der Waals surface area contributed by atoms with Crippen LogP contribution in [0.25, 0.3) is 0 Å². The molecule has 0 heterocycles. The Kier molecular flexibility index (Phi) is 10.7. The van der Waals surface area contributed by atoms with Crippen molar-refractivity contribution in [2.24, 2.45) is 0 Å². The Bertz CT molecular complexity index is 1230. The van der Waals surface area contributed by atoms with E-state index >= 15 is 0 Å². The highest BCUT2D eigenvalue weighted by atomic mass is 35.5. The zero-order valence-corrected chi connectivity index (χ0v) is 22.8. The lowest BCUT2D eigenvalue weighted by atomic mass is 10.1. The number of amides is 2. The molecule has 0 saturated carbocycles. The second kappa shape index (κ2) is 12.8. The summed E-state index contributed by atoms with van der Waals surface area (Å²) in [6.07, 6.45) is -3.92. The van der Waals surface area contributed by atoms with E-state index < -0.39 is 33.7 Å². The quantitative estimate of drug-likeness (QED) is 0.399. The van der Waals surface area contributed by atoms with E-state index in [1.807, 2.05) is 0 Å². The van der Waals surface area contributed by atoms with Crippen LogP contribution in [0, 0.1) is 0 Å². The van der Waals surface area contributed by atoms with Crippen LogP contribution in [0.2, 0.25) is 10.0 Å². The molecule has 7 nitrogen and oxygen atoms in total. The Labute approximate surface area is 224 Å². The predicted molar refractivity (Wildman–Crippen MR) is 138 cm³/mol. The summed E-state index contributed by atoms with van der Waals surface area (Å²) in [5, 5.41) is 3.27. The van der Waals surface area contributed by atoms with Gasteiger partial charge in [0, 0.05) is 26.1 Å². The molecule has 2 aromatic carbocycles. The van der Waals surface area contributed by atoms with E-state index in [0.717, 1.165) is 28.8 Å². The highest BCUT2D eigenvalue weighted by Crippen LogP contribution is 2.32. The molecule has 2 amide bonds. The van der Waals surface area contributed by atoms with Gasteiger partial charge in [-0.25, -0.2) is 8.42 Å². The van der Waals surface area contributed by atoms with Gasteiger partial charge in [-0.05, 0) is 56.2 Å². The van der Waals surface area contributed by atoms with Gasteiger partial charge in [0.15, 0.2) is 0 Å². The largest absolute Gasteiger partial charge is 0.416 e. The van der Waals surface area contributed by atoms with Crippen LogP contribution in [0.5, 0.6) is 0 Å². The Balaban J connectivity index is 2.22. The van der Waals surface area contributed by atoms with Gasteiger partial charge in [-0.15, -0.1) is 0 Å². The number of alkyl halides is 3. The zero-order valence-electron chi connectivity index (χ0n) is 20.5. The number of anilines is 1. The second-order valence-electron chi connectivity index (χ2n) is 8.33. The first kappa shape index (κ1) is 30.7. The van der Waals surface area contributed by atoms with Crippen LogP contribution in [0.3, 0.4) is 0 Å². The maximum Gasteiger partial charge on any atom is 0.416 e. The first-order valence-electron chi connectivity index (χ1n) is 11.3. The average molecular weight is 582 g/mol. The van der Waals surface area contributed by atoms with Gasteiger partial charge in [0.25, 0.3) is 0 Å². The summed E-state index contributed by atoms with van der Waals surface area (Å²) in [6, 6.07) is 7.92. The fourth-order valence-electron chi connectivity index (χ4n) is 3.58. The third-order valence-corrected chi connectivity index (χ3v) is 7.40. The molecule has 204 valence electrons. The topological polar surface area (TPSA) is 86.8 Å². The minimum Gasteiger partial charge on any atom is -0.355 e. The van der Waals surface area contributed by atoms with Crippen LogP contribution < -0.4 is 9.62 Å². The number of nitrogens with zero attached hydrogens (tertiary/aromatic N) is 2. The van der Waals surface area contributed by atoms with E-state index in [-0.39, 0.29) is 42.5 Å². The number of hydrogen-bond acceptors (Lipinski definition) is 4. The maximum atomic E-state index is 13.2. The van der Waals surface area contributed by atoms with Crippen molar-refractivity contribution >= 4 is 50.7 Å². The molecular formula is C24H28Cl2F3N3O4S. The van der Waals surface area contributed by atoms with Gasteiger partial charge in [0.2, 0.25) is 21.8 Å². The minimum atomic E-state index is -4.64. The fraction of sp³-hybridized carbons (Fsp3) is 0.417. The summed E-state index contributed by atoms with van der Waals surface area (Å²) in [4.78, 5) is 27.0. The SMILES string of the molecule is CCNC(=O)C(C)N(Cc1ccc(Cl)c(Cl)c1)C(=O)CCCN(c1cccc(C(F)(F)F)c1)S(C)(=O)=O. The molecular weight excluding hydrogens is 554 g/mol. The van der Waals surface area contributed by atoms with E-state index in [9.17, 15) is 31.2 Å². The molecule has 0 aliphatic carbocycles. The number of carbonyl (C=O) groups is 2. The van der Waals surface area contributed by atoms with E-state index in [0.29, 0.717) is 17.1 Å². The molecule has 0 aromatic heterocycles. The van der Waals surface area contributed by atoms with Crippen molar-refractivity contribution in [2.45, 2.75) is 45.5 Å². The summed E-state index contributed by atoms with van der Waals surface area (Å²) in [5.74, 6) is -0.819. The lowest BCUT2D eigenvalue weighted by Gasteiger charge is -2.29. The first-order chi connectivity index (χ1) is 17.1. The molecule has 0 radical (unpaired) electrons. The number of sulfonamides is 1. The normalized spacial score (nSPS) is 12.6. The van der Waals surface area contributed by atoms with Crippen LogP contribution >= 0.6 is 23.2 Å². The first-order valence-corrected chi connectivity index (χ1v) is 13.9. The van der Waals surface area contributed by atoms with Crippen molar-refractivity contribution in [1.29, 1.82) is 0 Å². The van der Waals surface area contributed by atoms with E-state index in [2.05, 4.69) is 5.32 Å². The van der Waals surface area contributed by atoms with Crippen LogP contribution in [-0.4, -0.2) is 50.5 Å². The van der Waals surface area contributed by atoms with E-state index in [1.165, 1.54) is 11.0 Å². The third kappa shape index (κ3) is 8.79. The lowest BCUT2D eigenvalue weighted by molar-refractivity contribution is -0.140. The van der Waals surface area contributed by atoms with Gasteiger partial charge in [-0.3, -0.25) is 13.9 Å². The summed E-state index contributed by atoms with van der Waals surface area (Å²) in [5.41, 5.74) is -0.521. The second-order valence-corrected chi connectivity index (χ2v) is 11.0. The van der Waals surface area contributed by atoms with Crippen molar-refractivity contribution in [1.82, 2.24) is 10.2 Å². The van der Waals surface area contributed by atoms with E-state index in [1.54, 1.807) is 32.0 Å². The highest BCUT2D eigenvalue weighted by Gasteiger charge is 2.32. The zero-order chi connectivity index (χ0) is 28.0. The Morgan fingerprint density at radius 1 is 1.08 bits per heavy atom. The molecule has 37 heavy (non-hydrogen) atoms. The number of nitrogens with one attached hydrogen (secondary N) is 1. The number of halogens is 5.